The first kappa shape index (κ1) is 18.4. The second-order valence-electron chi connectivity index (χ2n) is 8.23. The molecular weight excluding hydrogens is 418 g/mol. The zero-order valence-electron chi connectivity index (χ0n) is 16.5. The first-order valence-corrected chi connectivity index (χ1v) is 12.5. The average molecular weight is 440 g/mol. The summed E-state index contributed by atoms with van der Waals surface area (Å²) < 4.78 is 32.1. The van der Waals surface area contributed by atoms with Crippen molar-refractivity contribution < 1.29 is 8.42 Å². The van der Waals surface area contributed by atoms with Crippen molar-refractivity contribution in [2.24, 2.45) is 0 Å². The number of benzene rings is 2. The lowest BCUT2D eigenvalue weighted by atomic mass is 9.90. The molecule has 4 aromatic rings. The molecule has 1 aliphatic heterocycles. The smallest absolute Gasteiger partial charge is 0.305 e. The first-order chi connectivity index (χ1) is 14.4. The van der Waals surface area contributed by atoms with Gasteiger partial charge in [-0.3, -0.25) is 4.79 Å². The average Bonchev–Trinajstić information content (AvgIpc) is 3.26. The molecule has 1 aliphatic carbocycles. The van der Waals surface area contributed by atoms with Crippen LogP contribution in [-0.4, -0.2) is 28.8 Å². The van der Waals surface area contributed by atoms with Crippen LogP contribution in [0, 0.1) is 6.92 Å². The van der Waals surface area contributed by atoms with E-state index in [-0.39, 0.29) is 15.8 Å². The van der Waals surface area contributed by atoms with Crippen LogP contribution >= 0.6 is 11.3 Å². The van der Waals surface area contributed by atoms with Crippen molar-refractivity contribution >= 4 is 42.5 Å². The normalized spacial score (nSPS) is 19.4. The van der Waals surface area contributed by atoms with Crippen LogP contribution in [-0.2, 0) is 23.0 Å². The number of fused-ring (bicyclic) bond motifs is 4. The molecule has 2 aromatic heterocycles. The van der Waals surface area contributed by atoms with Gasteiger partial charge in [0.2, 0.25) is 10.0 Å². The predicted molar refractivity (Wildman–Crippen MR) is 119 cm³/mol. The molecule has 1 atom stereocenters. The van der Waals surface area contributed by atoms with Crippen LogP contribution in [0.1, 0.15) is 35.7 Å². The van der Waals surface area contributed by atoms with Crippen molar-refractivity contribution in [3.05, 3.63) is 62.9 Å². The van der Waals surface area contributed by atoms with Gasteiger partial charge in [0, 0.05) is 29.7 Å². The topological polar surface area (TPSA) is 75.2 Å². The zero-order valence-corrected chi connectivity index (χ0v) is 18.1. The van der Waals surface area contributed by atoms with Gasteiger partial charge in [0.25, 0.3) is 0 Å². The molecule has 8 heteroatoms. The molecular formula is C22H21N3O3S2. The Balaban J connectivity index is 1.50. The number of thiazole rings is 1. The maximum absolute atomic E-state index is 13.6. The largest absolute Gasteiger partial charge is 0.341 e. The van der Waals surface area contributed by atoms with E-state index in [1.165, 1.54) is 27.7 Å². The number of nitrogens with zero attached hydrogens (tertiary/aromatic N) is 2. The highest BCUT2D eigenvalue weighted by Gasteiger charge is 2.40. The summed E-state index contributed by atoms with van der Waals surface area (Å²) in [6, 6.07) is 11.3. The van der Waals surface area contributed by atoms with E-state index in [9.17, 15) is 13.2 Å². The molecule has 6 nitrogen and oxygen atoms in total. The molecule has 0 radical (unpaired) electrons. The highest BCUT2D eigenvalue weighted by Crippen LogP contribution is 2.44. The highest BCUT2D eigenvalue weighted by molar-refractivity contribution is 7.89. The van der Waals surface area contributed by atoms with E-state index in [0.29, 0.717) is 18.6 Å². The lowest BCUT2D eigenvalue weighted by Gasteiger charge is -2.39. The van der Waals surface area contributed by atoms with Crippen molar-refractivity contribution in [1.29, 1.82) is 0 Å². The Bertz CT molecular complexity index is 1490. The van der Waals surface area contributed by atoms with Crippen LogP contribution in [0.5, 0.6) is 0 Å². The van der Waals surface area contributed by atoms with E-state index in [2.05, 4.69) is 34.7 Å². The summed E-state index contributed by atoms with van der Waals surface area (Å²) in [6.45, 7) is 3.21. The summed E-state index contributed by atoms with van der Waals surface area (Å²) in [5.74, 6) is 0. The zero-order chi connectivity index (χ0) is 20.6. The van der Waals surface area contributed by atoms with Crippen molar-refractivity contribution in [1.82, 2.24) is 13.9 Å². The molecule has 30 heavy (non-hydrogen) atoms. The van der Waals surface area contributed by atoms with Crippen LogP contribution in [0.3, 0.4) is 0 Å². The lowest BCUT2D eigenvalue weighted by molar-refractivity contribution is 0.243. The molecule has 0 amide bonds. The van der Waals surface area contributed by atoms with Gasteiger partial charge in [0.15, 0.2) is 0 Å². The molecule has 1 N–H and O–H groups in total. The first-order valence-electron chi connectivity index (χ1n) is 10.2. The van der Waals surface area contributed by atoms with Crippen LogP contribution in [0.15, 0.2) is 46.1 Å². The lowest BCUT2D eigenvalue weighted by Crippen LogP contribution is -2.43. The maximum atomic E-state index is 13.6. The molecule has 0 spiro atoms. The third-order valence-electron chi connectivity index (χ3n) is 6.48. The number of aromatic amines is 1. The van der Waals surface area contributed by atoms with E-state index in [1.54, 1.807) is 22.5 Å². The fourth-order valence-corrected chi connectivity index (χ4v) is 7.56. The Hall–Kier alpha value is -2.42. The van der Waals surface area contributed by atoms with Crippen LogP contribution < -0.4 is 4.87 Å². The molecule has 0 bridgehead atoms. The third kappa shape index (κ3) is 2.50. The predicted octanol–water partition coefficient (Wildman–Crippen LogP) is 3.93. The summed E-state index contributed by atoms with van der Waals surface area (Å²) in [5, 5.41) is 1.27. The van der Waals surface area contributed by atoms with Gasteiger partial charge in [-0.25, -0.2) is 8.42 Å². The number of sulfonamides is 1. The Kier molecular flexibility index (Phi) is 3.85. The van der Waals surface area contributed by atoms with Gasteiger partial charge in [0.1, 0.15) is 0 Å². The summed E-state index contributed by atoms with van der Waals surface area (Å²) >= 11 is 1.09. The van der Waals surface area contributed by atoms with Crippen molar-refractivity contribution in [3.63, 3.8) is 0 Å². The summed E-state index contributed by atoms with van der Waals surface area (Å²) in [6.07, 6.45) is 2.81. The molecule has 2 aliphatic rings. The SMILES string of the molecule is Cc1ccc2c(c1)c1c3n2CCN(S(=O)(=O)c2ccc4sc(=O)[nH]c4c2)[C@H]3CCC1. The second kappa shape index (κ2) is 6.29. The summed E-state index contributed by atoms with van der Waals surface area (Å²) in [7, 11) is -3.67. The highest BCUT2D eigenvalue weighted by atomic mass is 32.2. The van der Waals surface area contributed by atoms with E-state index in [1.807, 2.05) is 0 Å². The van der Waals surface area contributed by atoms with Crippen LogP contribution in [0.4, 0.5) is 0 Å². The molecule has 0 unspecified atom stereocenters. The number of hydrogen-bond donors (Lipinski definition) is 1. The number of hydrogen-bond acceptors (Lipinski definition) is 4. The third-order valence-corrected chi connectivity index (χ3v) is 9.24. The molecule has 0 saturated carbocycles. The van der Waals surface area contributed by atoms with E-state index in [4.69, 9.17) is 0 Å². The van der Waals surface area contributed by atoms with Crippen LogP contribution in [0.25, 0.3) is 21.1 Å². The number of nitrogens with one attached hydrogen (secondary N) is 1. The molecule has 0 fully saturated rings. The van der Waals surface area contributed by atoms with Gasteiger partial charge < -0.3 is 9.55 Å². The molecule has 154 valence electrons. The minimum absolute atomic E-state index is 0.141. The Morgan fingerprint density at radius 3 is 2.87 bits per heavy atom. The van der Waals surface area contributed by atoms with Gasteiger partial charge in [0.05, 0.1) is 21.2 Å². The maximum Gasteiger partial charge on any atom is 0.305 e. The molecule has 6 rings (SSSR count). The van der Waals surface area contributed by atoms with E-state index >= 15 is 0 Å². The van der Waals surface area contributed by atoms with Crippen LogP contribution in [0.2, 0.25) is 0 Å². The molecule has 3 heterocycles. The fraction of sp³-hybridized carbons (Fsp3) is 0.318. The van der Waals surface area contributed by atoms with E-state index in [0.717, 1.165) is 35.3 Å². The molecule has 0 saturated heterocycles. The van der Waals surface area contributed by atoms with Crippen molar-refractivity contribution in [3.8, 4) is 0 Å². The van der Waals surface area contributed by atoms with Gasteiger partial charge >= 0.3 is 4.87 Å². The number of aryl methyl sites for hydroxylation is 2. The van der Waals surface area contributed by atoms with Gasteiger partial charge in [-0.1, -0.05) is 23.0 Å². The second-order valence-corrected chi connectivity index (χ2v) is 11.1. The standard InChI is InChI=1S/C22H21N3O3S2/c1-13-5-7-18-16(11-13)15-3-2-4-19-21(15)24(18)9-10-25(19)30(27,28)14-6-8-20-17(12-14)23-22(26)29-20/h5-8,11-12,19H,2-4,9-10H2,1H3,(H,23,26)/t19-/m0/s1. The van der Waals surface area contributed by atoms with Crippen molar-refractivity contribution in [2.45, 2.75) is 43.7 Å². The minimum atomic E-state index is -3.67. The Labute approximate surface area is 177 Å². The Morgan fingerprint density at radius 1 is 1.13 bits per heavy atom. The van der Waals surface area contributed by atoms with Gasteiger partial charge in [-0.2, -0.15) is 4.31 Å². The Morgan fingerprint density at radius 2 is 2.00 bits per heavy atom. The number of rotatable bonds is 2. The number of H-pyrrole nitrogens is 1. The number of aromatic nitrogens is 2. The van der Waals surface area contributed by atoms with Gasteiger partial charge in [-0.05, 0) is 62.1 Å². The monoisotopic (exact) mass is 439 g/mol. The van der Waals surface area contributed by atoms with Gasteiger partial charge in [-0.15, -0.1) is 0 Å². The fourth-order valence-electron chi connectivity index (χ4n) is 5.20. The van der Waals surface area contributed by atoms with E-state index < -0.39 is 10.0 Å². The van der Waals surface area contributed by atoms with Crippen molar-refractivity contribution in [2.75, 3.05) is 6.54 Å². The summed E-state index contributed by atoms with van der Waals surface area (Å²) in [4.78, 5) is 14.5. The molecule has 2 aromatic carbocycles. The quantitative estimate of drug-likeness (QED) is 0.514. The summed E-state index contributed by atoms with van der Waals surface area (Å²) in [5.41, 5.74) is 5.50. The minimum Gasteiger partial charge on any atom is -0.341 e.